The zero-order valence-electron chi connectivity index (χ0n) is 12.6. The van der Waals surface area contributed by atoms with Crippen LogP contribution in [0.25, 0.3) is 0 Å². The quantitative estimate of drug-likeness (QED) is 0.411. The van der Waals surface area contributed by atoms with Crippen molar-refractivity contribution in [2.75, 3.05) is 31.6 Å². The molecule has 0 fully saturated rings. The van der Waals surface area contributed by atoms with Gasteiger partial charge < -0.3 is 10.4 Å². The lowest BCUT2D eigenvalue weighted by molar-refractivity contribution is -0.384. The highest BCUT2D eigenvalue weighted by atomic mass is 16.6. The molecule has 0 saturated carbocycles. The summed E-state index contributed by atoms with van der Waals surface area (Å²) in [7, 11) is 0. The first kappa shape index (κ1) is 17.8. The molecule has 1 rings (SSSR count). The molecule has 1 amide bonds. The van der Waals surface area contributed by atoms with Gasteiger partial charge in [0.1, 0.15) is 0 Å². The van der Waals surface area contributed by atoms with Gasteiger partial charge in [-0.1, -0.05) is 12.1 Å². The third-order valence-electron chi connectivity index (χ3n) is 3.16. The number of benzene rings is 1. The zero-order chi connectivity index (χ0) is 16.5. The van der Waals surface area contributed by atoms with Crippen molar-refractivity contribution in [1.29, 1.82) is 0 Å². The number of amides is 1. The fraction of sp³-hybridized carbons (Fsp3) is 0.400. The molecule has 0 aliphatic rings. The second-order valence-electron chi connectivity index (χ2n) is 4.87. The number of nitro benzene ring substituents is 1. The first-order valence-corrected chi connectivity index (χ1v) is 6.97. The Labute approximate surface area is 129 Å². The number of hydrogen-bond donors (Lipinski definition) is 2. The van der Waals surface area contributed by atoms with E-state index in [1.54, 1.807) is 19.1 Å². The Morgan fingerprint density at radius 1 is 1.50 bits per heavy atom. The van der Waals surface area contributed by atoms with Crippen LogP contribution in [0.1, 0.15) is 12.0 Å². The molecule has 7 heteroatoms. The van der Waals surface area contributed by atoms with Gasteiger partial charge in [0.25, 0.3) is 5.69 Å². The zero-order valence-corrected chi connectivity index (χ0v) is 12.6. The van der Waals surface area contributed by atoms with Gasteiger partial charge in [-0.2, -0.15) is 0 Å². The maximum absolute atomic E-state index is 12.0. The number of nitrogens with zero attached hydrogens (tertiary/aromatic N) is 2. The Morgan fingerprint density at radius 3 is 2.82 bits per heavy atom. The fourth-order valence-corrected chi connectivity index (χ4v) is 1.95. The largest absolute Gasteiger partial charge is 0.395 e. The standard InChI is InChI=1S/C15H21N3O4/c1-3-7-17(9-10-19)8-6-15(20)16-14-11-13(18(21)22)5-4-12(14)2/h3-5,11,19H,1,6-10H2,2H3,(H,16,20). The van der Waals surface area contributed by atoms with E-state index in [4.69, 9.17) is 5.11 Å². The van der Waals surface area contributed by atoms with Crippen LogP contribution in [0.2, 0.25) is 0 Å². The number of hydrogen-bond acceptors (Lipinski definition) is 5. The lowest BCUT2D eigenvalue weighted by Crippen LogP contribution is -2.30. The topological polar surface area (TPSA) is 95.7 Å². The van der Waals surface area contributed by atoms with Crippen LogP contribution in [-0.4, -0.2) is 47.1 Å². The second-order valence-corrected chi connectivity index (χ2v) is 4.87. The number of nitrogens with one attached hydrogen (secondary N) is 1. The van der Waals surface area contributed by atoms with Gasteiger partial charge in [-0.05, 0) is 12.5 Å². The summed E-state index contributed by atoms with van der Waals surface area (Å²) < 4.78 is 0. The summed E-state index contributed by atoms with van der Waals surface area (Å²) in [6.45, 7) is 6.95. The van der Waals surface area contributed by atoms with Crippen LogP contribution in [0.3, 0.4) is 0 Å². The lowest BCUT2D eigenvalue weighted by Gasteiger charge is -2.19. The first-order chi connectivity index (χ1) is 10.5. The summed E-state index contributed by atoms with van der Waals surface area (Å²) in [5, 5.41) is 22.4. The number of carbonyl (C=O) groups is 1. The van der Waals surface area contributed by atoms with Crippen LogP contribution in [0.4, 0.5) is 11.4 Å². The molecular weight excluding hydrogens is 286 g/mol. The van der Waals surface area contributed by atoms with E-state index >= 15 is 0 Å². The minimum atomic E-state index is -0.498. The minimum Gasteiger partial charge on any atom is -0.395 e. The van der Waals surface area contributed by atoms with Crippen molar-refractivity contribution in [3.05, 3.63) is 46.5 Å². The number of anilines is 1. The first-order valence-electron chi connectivity index (χ1n) is 6.97. The molecule has 0 bridgehead atoms. The van der Waals surface area contributed by atoms with Crippen LogP contribution in [0.5, 0.6) is 0 Å². The third kappa shape index (κ3) is 5.63. The molecule has 2 N–H and O–H groups in total. The van der Waals surface area contributed by atoms with Crippen LogP contribution in [0, 0.1) is 17.0 Å². The summed E-state index contributed by atoms with van der Waals surface area (Å²) in [6, 6.07) is 4.35. The number of aliphatic hydroxyl groups excluding tert-OH is 1. The predicted octanol–water partition coefficient (Wildman–Crippen LogP) is 1.71. The molecule has 120 valence electrons. The third-order valence-corrected chi connectivity index (χ3v) is 3.16. The van der Waals surface area contributed by atoms with Crippen molar-refractivity contribution in [1.82, 2.24) is 4.90 Å². The summed E-state index contributed by atoms with van der Waals surface area (Å²) in [5.41, 5.74) is 1.14. The Morgan fingerprint density at radius 2 is 2.23 bits per heavy atom. The van der Waals surface area contributed by atoms with Gasteiger partial charge in [0, 0.05) is 38.2 Å². The summed E-state index contributed by atoms with van der Waals surface area (Å²) in [6.07, 6.45) is 1.94. The van der Waals surface area contributed by atoms with Crippen molar-refractivity contribution < 1.29 is 14.8 Å². The normalized spacial score (nSPS) is 10.5. The molecule has 0 saturated heterocycles. The average molecular weight is 307 g/mol. The molecule has 0 spiro atoms. The van der Waals surface area contributed by atoms with Gasteiger partial charge in [-0.25, -0.2) is 0 Å². The Kier molecular flexibility index (Phi) is 7.21. The SMILES string of the molecule is C=CCN(CCO)CCC(=O)Nc1cc([N+](=O)[O-])ccc1C. The van der Waals surface area contributed by atoms with Crippen LogP contribution in [-0.2, 0) is 4.79 Å². The number of rotatable bonds is 9. The Balaban J connectivity index is 2.62. The van der Waals surface area contributed by atoms with Crippen molar-refractivity contribution in [2.45, 2.75) is 13.3 Å². The molecule has 0 aromatic heterocycles. The van der Waals surface area contributed by atoms with Crippen LogP contribution in [0.15, 0.2) is 30.9 Å². The molecule has 0 radical (unpaired) electrons. The average Bonchev–Trinajstić information content (AvgIpc) is 2.47. The smallest absolute Gasteiger partial charge is 0.271 e. The van der Waals surface area contributed by atoms with Crippen molar-refractivity contribution in [3.63, 3.8) is 0 Å². The maximum Gasteiger partial charge on any atom is 0.271 e. The van der Waals surface area contributed by atoms with Gasteiger partial charge in [-0.15, -0.1) is 6.58 Å². The van der Waals surface area contributed by atoms with E-state index in [2.05, 4.69) is 11.9 Å². The summed E-state index contributed by atoms with van der Waals surface area (Å²) in [5.74, 6) is -0.226. The Bertz CT molecular complexity index is 546. The van der Waals surface area contributed by atoms with Crippen LogP contribution >= 0.6 is 0 Å². The highest BCUT2D eigenvalue weighted by molar-refractivity contribution is 5.92. The van der Waals surface area contributed by atoms with E-state index in [0.717, 1.165) is 5.56 Å². The monoisotopic (exact) mass is 307 g/mol. The number of aliphatic hydroxyl groups is 1. The van der Waals surface area contributed by atoms with Crippen LogP contribution < -0.4 is 5.32 Å². The molecule has 0 unspecified atom stereocenters. The summed E-state index contributed by atoms with van der Waals surface area (Å²) in [4.78, 5) is 24.1. The highest BCUT2D eigenvalue weighted by Gasteiger charge is 2.12. The van der Waals surface area contributed by atoms with Crippen molar-refractivity contribution in [3.8, 4) is 0 Å². The summed E-state index contributed by atoms with van der Waals surface area (Å²) >= 11 is 0. The van der Waals surface area contributed by atoms with E-state index in [-0.39, 0.29) is 24.6 Å². The number of non-ortho nitro benzene ring substituents is 1. The molecule has 0 atom stereocenters. The van der Waals surface area contributed by atoms with Gasteiger partial charge in [0.05, 0.1) is 17.2 Å². The minimum absolute atomic E-state index is 0.0133. The van der Waals surface area contributed by atoms with Crippen molar-refractivity contribution in [2.24, 2.45) is 0 Å². The van der Waals surface area contributed by atoms with Crippen molar-refractivity contribution >= 4 is 17.3 Å². The highest BCUT2D eigenvalue weighted by Crippen LogP contribution is 2.21. The van der Waals surface area contributed by atoms with E-state index in [1.165, 1.54) is 12.1 Å². The Hall–Kier alpha value is -2.25. The van der Waals surface area contributed by atoms with Gasteiger partial charge in [0.2, 0.25) is 5.91 Å². The number of aryl methyl sites for hydroxylation is 1. The molecule has 0 aliphatic carbocycles. The van der Waals surface area contributed by atoms with E-state index in [0.29, 0.717) is 25.3 Å². The van der Waals surface area contributed by atoms with Gasteiger partial charge in [0.15, 0.2) is 0 Å². The number of carbonyl (C=O) groups excluding carboxylic acids is 1. The van der Waals surface area contributed by atoms with Gasteiger partial charge >= 0.3 is 0 Å². The predicted molar refractivity (Wildman–Crippen MR) is 84.8 cm³/mol. The lowest BCUT2D eigenvalue weighted by atomic mass is 10.1. The molecule has 1 aromatic carbocycles. The number of nitro groups is 1. The maximum atomic E-state index is 12.0. The van der Waals surface area contributed by atoms with E-state index in [9.17, 15) is 14.9 Å². The fourth-order valence-electron chi connectivity index (χ4n) is 1.95. The molecule has 0 heterocycles. The molecular formula is C15H21N3O4. The second kappa shape index (κ2) is 8.91. The van der Waals surface area contributed by atoms with Gasteiger partial charge in [-0.3, -0.25) is 19.8 Å². The molecule has 0 aliphatic heterocycles. The van der Waals surface area contributed by atoms with E-state index in [1.807, 2.05) is 4.90 Å². The van der Waals surface area contributed by atoms with E-state index < -0.39 is 4.92 Å². The molecule has 22 heavy (non-hydrogen) atoms. The molecule has 1 aromatic rings. The molecule has 7 nitrogen and oxygen atoms in total.